The number of carbonyl (C=O) groups excluding carboxylic acids is 1. The van der Waals surface area contributed by atoms with Gasteiger partial charge in [0.25, 0.3) is 5.92 Å². The van der Waals surface area contributed by atoms with Gasteiger partial charge in [0.2, 0.25) is 5.91 Å². The number of aromatic nitrogens is 2. The van der Waals surface area contributed by atoms with Crippen LogP contribution >= 0.6 is 22.9 Å². The van der Waals surface area contributed by atoms with Crippen molar-refractivity contribution in [2.45, 2.75) is 62.6 Å². The molecule has 0 unspecified atom stereocenters. The van der Waals surface area contributed by atoms with Crippen LogP contribution in [0.3, 0.4) is 0 Å². The number of ether oxygens (including phenoxy) is 1. The van der Waals surface area contributed by atoms with Crippen molar-refractivity contribution in [3.63, 3.8) is 0 Å². The molecule has 1 spiro atoms. The van der Waals surface area contributed by atoms with Crippen LogP contribution in [0, 0.1) is 34.3 Å². The Labute approximate surface area is 310 Å². The van der Waals surface area contributed by atoms with Gasteiger partial charge in [0.05, 0.1) is 20.8 Å². The Morgan fingerprint density at radius 2 is 1.91 bits per heavy atom. The summed E-state index contributed by atoms with van der Waals surface area (Å²) >= 11 is 7.79. The number of hydrogen-bond acceptors (Lipinski definition) is 9. The van der Waals surface area contributed by atoms with E-state index in [0.717, 1.165) is 50.0 Å². The highest BCUT2D eigenvalue weighted by atomic mass is 35.5. The largest absolute Gasteiger partial charge is 0.461 e. The van der Waals surface area contributed by atoms with Crippen LogP contribution in [0.4, 0.5) is 32.8 Å². The minimum atomic E-state index is -2.95. The number of hydrogen-bond donors (Lipinski definition) is 1. The summed E-state index contributed by atoms with van der Waals surface area (Å²) < 4.78 is 80.7. The average Bonchev–Trinajstić information content (AvgIpc) is 3.28. The molecular weight excluding hydrogens is 737 g/mol. The molecule has 1 aliphatic carbocycles. The van der Waals surface area contributed by atoms with Gasteiger partial charge in [-0.25, -0.2) is 22.0 Å². The lowest BCUT2D eigenvalue weighted by molar-refractivity contribution is -0.147. The maximum Gasteiger partial charge on any atom is 0.319 e. The minimum absolute atomic E-state index is 0.0128. The van der Waals surface area contributed by atoms with Crippen LogP contribution in [0.25, 0.3) is 32.1 Å². The molecule has 5 fully saturated rings. The number of rotatable bonds is 6. The number of amides is 1. The van der Waals surface area contributed by atoms with E-state index in [4.69, 9.17) is 27.1 Å². The van der Waals surface area contributed by atoms with E-state index in [1.54, 1.807) is 6.07 Å². The third-order valence-corrected chi connectivity index (χ3v) is 13.3. The first-order valence-corrected chi connectivity index (χ1v) is 19.1. The molecule has 4 aromatic rings. The third-order valence-electron chi connectivity index (χ3n) is 12.0. The fourth-order valence-corrected chi connectivity index (χ4v) is 10.5. The van der Waals surface area contributed by atoms with Gasteiger partial charge in [-0.2, -0.15) is 15.2 Å². The number of alkyl halides is 3. The summed E-state index contributed by atoms with van der Waals surface area (Å²) in [4.78, 5) is 27.8. The van der Waals surface area contributed by atoms with E-state index < -0.39 is 47.5 Å². The topological polar surface area (TPSA) is 112 Å². The molecule has 9 nitrogen and oxygen atoms in total. The average molecular weight is 772 g/mol. The van der Waals surface area contributed by atoms with Crippen molar-refractivity contribution in [2.24, 2.45) is 11.3 Å². The second-order valence-corrected chi connectivity index (χ2v) is 16.9. The second-order valence-electron chi connectivity index (χ2n) is 15.5. The molecule has 2 N–H and O–H groups in total. The van der Waals surface area contributed by atoms with E-state index in [2.05, 4.69) is 9.88 Å². The highest BCUT2D eigenvalue weighted by molar-refractivity contribution is 7.23. The van der Waals surface area contributed by atoms with E-state index in [1.165, 1.54) is 17.0 Å². The smallest absolute Gasteiger partial charge is 0.319 e. The fourth-order valence-electron chi connectivity index (χ4n) is 9.29. The van der Waals surface area contributed by atoms with Crippen molar-refractivity contribution < 1.29 is 31.5 Å². The molecule has 0 radical (unpaired) electrons. The van der Waals surface area contributed by atoms with Gasteiger partial charge in [-0.1, -0.05) is 24.1 Å². The molecule has 4 saturated heterocycles. The predicted octanol–water partition coefficient (Wildman–Crippen LogP) is 7.33. The lowest BCUT2D eigenvalue weighted by Crippen LogP contribution is -2.62. The number of fused-ring (bicyclic) bond motifs is 3. The molecule has 1 saturated carbocycles. The molecule has 6 heterocycles. The molecule has 16 heteroatoms. The quantitative estimate of drug-likeness (QED) is 0.203. The molecule has 9 rings (SSSR count). The Morgan fingerprint density at radius 3 is 2.66 bits per heavy atom. The highest BCUT2D eigenvalue weighted by Gasteiger charge is 2.64. The zero-order chi connectivity index (χ0) is 37.0. The second kappa shape index (κ2) is 12.3. The summed E-state index contributed by atoms with van der Waals surface area (Å²) in [5, 5.41) is 10.4. The number of likely N-dealkylation sites (tertiary alicyclic amines) is 1. The van der Waals surface area contributed by atoms with Crippen LogP contribution < -0.4 is 15.4 Å². The van der Waals surface area contributed by atoms with Crippen molar-refractivity contribution in [2.75, 3.05) is 56.5 Å². The molecule has 2 aromatic heterocycles. The molecule has 2 aromatic carbocycles. The number of carbonyl (C=O) groups is 1. The number of nitrogens with two attached hydrogens (primary N) is 1. The van der Waals surface area contributed by atoms with Gasteiger partial charge in [-0.15, -0.1) is 11.3 Å². The standard InChI is InChI=1S/C37H35ClF5N7O2S/c38-24-10-21-29(28(41)27(24)20-4-5-25(40)30-26(20)22(13-44)31(45)53-30)46-34(52-18-36-7-3-9-50(36)14-19(39)11-36)47-32(21)48-8-2-1-6-35(15-48)16-49(17-35)33(51)23-12-37(23,42)43/h4-5,10,19,23H,1-3,6-9,11-12,14-18,45H2/t19-,23+,36+/m1/s1. The first kappa shape index (κ1) is 34.7. The van der Waals surface area contributed by atoms with Gasteiger partial charge in [-0.3, -0.25) is 9.69 Å². The number of nitrogens with zero attached hydrogens (tertiary/aromatic N) is 6. The third kappa shape index (κ3) is 5.57. The minimum Gasteiger partial charge on any atom is -0.461 e. The van der Waals surface area contributed by atoms with Crippen LogP contribution in [-0.4, -0.2) is 89.2 Å². The predicted molar refractivity (Wildman–Crippen MR) is 191 cm³/mol. The maximum absolute atomic E-state index is 17.2. The molecule has 53 heavy (non-hydrogen) atoms. The van der Waals surface area contributed by atoms with Crippen LogP contribution in [0.15, 0.2) is 18.2 Å². The molecule has 278 valence electrons. The molecule has 0 bridgehead atoms. The van der Waals surface area contributed by atoms with E-state index >= 15 is 4.39 Å². The van der Waals surface area contributed by atoms with Gasteiger partial charge in [0.15, 0.2) is 5.82 Å². The lowest BCUT2D eigenvalue weighted by Gasteiger charge is -2.51. The summed E-state index contributed by atoms with van der Waals surface area (Å²) in [6.07, 6.45) is 2.90. The van der Waals surface area contributed by atoms with Gasteiger partial charge < -0.3 is 20.3 Å². The first-order chi connectivity index (χ1) is 25.3. The SMILES string of the molecule is N#Cc1c(N)sc2c(F)ccc(-c3c(Cl)cc4c(N5CCCCC6(CN(C(=O)[C@@H]7CC7(F)F)C6)C5)nc(OC[C@@]56CCCN5C[C@H](F)C6)nc4c3F)c12. The van der Waals surface area contributed by atoms with Gasteiger partial charge in [0, 0.05) is 67.3 Å². The van der Waals surface area contributed by atoms with E-state index in [-0.39, 0.29) is 60.3 Å². The number of nitrogen functional groups attached to an aromatic ring is 1. The summed E-state index contributed by atoms with van der Waals surface area (Å²) in [6.45, 7) is 2.78. The highest BCUT2D eigenvalue weighted by Crippen LogP contribution is 2.52. The molecule has 1 amide bonds. The van der Waals surface area contributed by atoms with Gasteiger partial charge >= 0.3 is 6.01 Å². The van der Waals surface area contributed by atoms with Crippen LogP contribution in [-0.2, 0) is 4.79 Å². The number of benzene rings is 2. The zero-order valence-corrected chi connectivity index (χ0v) is 30.1. The summed E-state index contributed by atoms with van der Waals surface area (Å²) in [7, 11) is 0. The lowest BCUT2D eigenvalue weighted by atomic mass is 9.75. The Morgan fingerprint density at radius 1 is 1.11 bits per heavy atom. The van der Waals surface area contributed by atoms with Gasteiger partial charge in [0.1, 0.15) is 46.9 Å². The van der Waals surface area contributed by atoms with Crippen molar-refractivity contribution >= 4 is 60.7 Å². The Bertz CT molecular complexity index is 2240. The Hall–Kier alpha value is -4.00. The van der Waals surface area contributed by atoms with Crippen molar-refractivity contribution in [1.29, 1.82) is 5.26 Å². The fraction of sp³-hybridized carbons (Fsp3) is 0.514. The molecule has 5 aliphatic rings. The Kier molecular flexibility index (Phi) is 8.04. The van der Waals surface area contributed by atoms with Crippen LogP contribution in [0.5, 0.6) is 6.01 Å². The number of anilines is 2. The number of halogens is 6. The van der Waals surface area contributed by atoms with E-state index in [9.17, 15) is 27.6 Å². The summed E-state index contributed by atoms with van der Waals surface area (Å²) in [5.74, 6) is -5.81. The Balaban J connectivity index is 1.14. The molecular formula is C37H35ClF5N7O2S. The van der Waals surface area contributed by atoms with Gasteiger partial charge in [-0.05, 0) is 49.9 Å². The summed E-state index contributed by atoms with van der Waals surface area (Å²) in [5.41, 5.74) is 5.15. The van der Waals surface area contributed by atoms with E-state index in [1.807, 2.05) is 11.0 Å². The first-order valence-electron chi connectivity index (χ1n) is 17.9. The van der Waals surface area contributed by atoms with E-state index in [0.29, 0.717) is 50.3 Å². The normalized spacial score (nSPS) is 26.1. The zero-order valence-electron chi connectivity index (χ0n) is 28.5. The van der Waals surface area contributed by atoms with Crippen molar-refractivity contribution in [1.82, 2.24) is 19.8 Å². The van der Waals surface area contributed by atoms with Crippen LogP contribution in [0.2, 0.25) is 5.02 Å². The molecule has 4 aliphatic heterocycles. The maximum atomic E-state index is 17.2. The van der Waals surface area contributed by atoms with Crippen molar-refractivity contribution in [3.8, 4) is 23.2 Å². The number of thiophene rings is 1. The summed E-state index contributed by atoms with van der Waals surface area (Å²) in [6, 6.07) is 6.00. The monoisotopic (exact) mass is 771 g/mol. The van der Waals surface area contributed by atoms with Crippen molar-refractivity contribution in [3.05, 3.63) is 40.4 Å². The van der Waals surface area contributed by atoms with Crippen LogP contribution in [0.1, 0.15) is 50.5 Å². The molecule has 3 atom stereocenters. The number of nitriles is 1.